The summed E-state index contributed by atoms with van der Waals surface area (Å²) in [5.41, 5.74) is 0.219. The third kappa shape index (κ3) is 3.64. The summed E-state index contributed by atoms with van der Waals surface area (Å²) in [6.45, 7) is 2.99. The van der Waals surface area contributed by atoms with Crippen molar-refractivity contribution < 1.29 is 9.53 Å². The van der Waals surface area contributed by atoms with Gasteiger partial charge < -0.3 is 10.1 Å². The molecular formula is C13H20N4O2. The monoisotopic (exact) mass is 264 g/mol. The van der Waals surface area contributed by atoms with E-state index in [4.69, 9.17) is 0 Å². The smallest absolute Gasteiger partial charge is 0.358 e. The standard InChI is InChI=1S/C13H20N4O2/c1-9(17(2)10-4-5-10)6-15-12-8-14-11(7-16-12)13(18)19-3/h7-10H,4-6H2,1-3H3,(H,15,16). The van der Waals surface area contributed by atoms with E-state index < -0.39 is 5.97 Å². The number of hydrogen-bond donors (Lipinski definition) is 1. The molecule has 1 aromatic heterocycles. The molecule has 1 aliphatic carbocycles. The van der Waals surface area contributed by atoms with Crippen molar-refractivity contribution in [1.82, 2.24) is 14.9 Å². The Balaban J connectivity index is 1.83. The van der Waals surface area contributed by atoms with Crippen molar-refractivity contribution in [2.45, 2.75) is 31.8 Å². The van der Waals surface area contributed by atoms with Gasteiger partial charge in [-0.1, -0.05) is 0 Å². The molecule has 0 aliphatic heterocycles. The number of ether oxygens (including phenoxy) is 1. The molecule has 6 nitrogen and oxygen atoms in total. The summed E-state index contributed by atoms with van der Waals surface area (Å²) in [7, 11) is 3.47. The largest absolute Gasteiger partial charge is 0.464 e. The van der Waals surface area contributed by atoms with Crippen molar-refractivity contribution >= 4 is 11.8 Å². The lowest BCUT2D eigenvalue weighted by atomic mass is 10.3. The number of likely N-dealkylation sites (N-methyl/N-ethyl adjacent to an activating group) is 1. The first-order valence-corrected chi connectivity index (χ1v) is 6.48. The van der Waals surface area contributed by atoms with E-state index in [2.05, 4.69) is 38.9 Å². The van der Waals surface area contributed by atoms with Gasteiger partial charge in [0.25, 0.3) is 0 Å². The van der Waals surface area contributed by atoms with Crippen LogP contribution in [-0.4, -0.2) is 53.6 Å². The molecule has 0 saturated heterocycles. The summed E-state index contributed by atoms with van der Waals surface area (Å²) in [5, 5.41) is 3.22. The van der Waals surface area contributed by atoms with Crippen molar-refractivity contribution in [3.05, 3.63) is 18.1 Å². The van der Waals surface area contributed by atoms with Gasteiger partial charge in [-0.05, 0) is 26.8 Å². The van der Waals surface area contributed by atoms with Gasteiger partial charge in [0.2, 0.25) is 0 Å². The van der Waals surface area contributed by atoms with Crippen LogP contribution in [0.15, 0.2) is 12.4 Å². The second-order valence-electron chi connectivity index (χ2n) is 4.91. The fraction of sp³-hybridized carbons (Fsp3) is 0.615. The minimum absolute atomic E-state index is 0.219. The number of nitrogens with zero attached hydrogens (tertiary/aromatic N) is 3. The minimum Gasteiger partial charge on any atom is -0.464 e. The van der Waals surface area contributed by atoms with Crippen LogP contribution in [0, 0.1) is 0 Å². The Morgan fingerprint density at radius 1 is 1.53 bits per heavy atom. The maximum absolute atomic E-state index is 11.2. The summed E-state index contributed by atoms with van der Waals surface area (Å²) in [4.78, 5) is 21.7. The molecule has 1 atom stereocenters. The topological polar surface area (TPSA) is 67.3 Å². The van der Waals surface area contributed by atoms with Crippen LogP contribution < -0.4 is 5.32 Å². The Labute approximate surface area is 113 Å². The van der Waals surface area contributed by atoms with E-state index in [0.29, 0.717) is 11.9 Å². The number of aromatic nitrogens is 2. The number of rotatable bonds is 6. The average molecular weight is 264 g/mol. The molecule has 0 aromatic carbocycles. The van der Waals surface area contributed by atoms with Gasteiger partial charge in [0, 0.05) is 18.6 Å². The predicted octanol–water partition coefficient (Wildman–Crippen LogP) is 1.16. The number of carbonyl (C=O) groups excluding carboxylic acids is 1. The molecule has 0 radical (unpaired) electrons. The molecule has 1 heterocycles. The number of esters is 1. The van der Waals surface area contributed by atoms with E-state index in [-0.39, 0.29) is 5.69 Å². The maximum Gasteiger partial charge on any atom is 0.358 e. The Hall–Kier alpha value is -1.69. The van der Waals surface area contributed by atoms with Gasteiger partial charge >= 0.3 is 5.97 Å². The molecule has 0 amide bonds. The van der Waals surface area contributed by atoms with Crippen molar-refractivity contribution in [3.63, 3.8) is 0 Å². The van der Waals surface area contributed by atoms with Gasteiger partial charge in [0.1, 0.15) is 5.82 Å². The SMILES string of the molecule is COC(=O)c1cnc(NCC(C)N(C)C2CC2)cn1. The van der Waals surface area contributed by atoms with Gasteiger partial charge in [-0.2, -0.15) is 0 Å². The average Bonchev–Trinajstić information content (AvgIpc) is 3.28. The molecule has 19 heavy (non-hydrogen) atoms. The summed E-state index contributed by atoms with van der Waals surface area (Å²) < 4.78 is 4.57. The van der Waals surface area contributed by atoms with Gasteiger partial charge in [0.15, 0.2) is 5.69 Å². The molecule has 2 rings (SSSR count). The summed E-state index contributed by atoms with van der Waals surface area (Å²) in [6, 6.07) is 1.18. The quantitative estimate of drug-likeness (QED) is 0.778. The van der Waals surface area contributed by atoms with E-state index in [0.717, 1.165) is 12.6 Å². The van der Waals surface area contributed by atoms with Crippen molar-refractivity contribution in [2.24, 2.45) is 0 Å². The zero-order valence-electron chi connectivity index (χ0n) is 11.6. The number of methoxy groups -OCH3 is 1. The third-order valence-corrected chi connectivity index (χ3v) is 3.44. The van der Waals surface area contributed by atoms with Crippen LogP contribution in [-0.2, 0) is 4.74 Å². The lowest BCUT2D eigenvalue weighted by Gasteiger charge is -2.24. The lowest BCUT2D eigenvalue weighted by molar-refractivity contribution is 0.0593. The molecule has 6 heteroatoms. The number of hydrogen-bond acceptors (Lipinski definition) is 6. The van der Waals surface area contributed by atoms with Gasteiger partial charge in [-0.3, -0.25) is 4.90 Å². The molecule has 1 aliphatic rings. The Morgan fingerprint density at radius 2 is 2.26 bits per heavy atom. The van der Waals surface area contributed by atoms with Crippen molar-refractivity contribution in [3.8, 4) is 0 Å². The first-order chi connectivity index (χ1) is 9.11. The van der Waals surface area contributed by atoms with Gasteiger partial charge in [-0.25, -0.2) is 14.8 Å². The highest BCUT2D eigenvalue weighted by atomic mass is 16.5. The summed E-state index contributed by atoms with van der Waals surface area (Å²) >= 11 is 0. The molecular weight excluding hydrogens is 244 g/mol. The molecule has 104 valence electrons. The van der Waals surface area contributed by atoms with E-state index >= 15 is 0 Å². The molecule has 1 saturated carbocycles. The molecule has 0 bridgehead atoms. The van der Waals surface area contributed by atoms with E-state index in [1.165, 1.54) is 26.1 Å². The molecule has 1 N–H and O–H groups in total. The second kappa shape index (κ2) is 5.97. The highest BCUT2D eigenvalue weighted by Crippen LogP contribution is 2.26. The Morgan fingerprint density at radius 3 is 2.79 bits per heavy atom. The number of anilines is 1. The van der Waals surface area contributed by atoms with Crippen LogP contribution in [0.2, 0.25) is 0 Å². The fourth-order valence-corrected chi connectivity index (χ4v) is 1.87. The predicted molar refractivity (Wildman–Crippen MR) is 72.1 cm³/mol. The van der Waals surface area contributed by atoms with Crippen LogP contribution in [0.5, 0.6) is 0 Å². The first-order valence-electron chi connectivity index (χ1n) is 6.48. The van der Waals surface area contributed by atoms with E-state index in [9.17, 15) is 4.79 Å². The maximum atomic E-state index is 11.2. The highest BCUT2D eigenvalue weighted by molar-refractivity contribution is 5.86. The highest BCUT2D eigenvalue weighted by Gasteiger charge is 2.28. The number of nitrogens with one attached hydrogen (secondary N) is 1. The Bertz CT molecular complexity index is 431. The van der Waals surface area contributed by atoms with Crippen LogP contribution in [0.1, 0.15) is 30.3 Å². The fourth-order valence-electron chi connectivity index (χ4n) is 1.87. The third-order valence-electron chi connectivity index (χ3n) is 3.44. The summed E-state index contributed by atoms with van der Waals surface area (Å²) in [5.74, 6) is 0.199. The van der Waals surface area contributed by atoms with Gasteiger partial charge in [-0.15, -0.1) is 0 Å². The van der Waals surface area contributed by atoms with Crippen LogP contribution in [0.25, 0.3) is 0 Å². The second-order valence-corrected chi connectivity index (χ2v) is 4.91. The molecule has 1 fully saturated rings. The van der Waals surface area contributed by atoms with E-state index in [1.54, 1.807) is 6.20 Å². The zero-order valence-corrected chi connectivity index (χ0v) is 11.6. The number of carbonyl (C=O) groups is 1. The van der Waals surface area contributed by atoms with Crippen molar-refractivity contribution in [1.29, 1.82) is 0 Å². The minimum atomic E-state index is -0.471. The lowest BCUT2D eigenvalue weighted by Crippen LogP contribution is -2.36. The Kier molecular flexibility index (Phi) is 4.31. The van der Waals surface area contributed by atoms with Crippen LogP contribution in [0.4, 0.5) is 5.82 Å². The molecule has 1 aromatic rings. The van der Waals surface area contributed by atoms with Crippen LogP contribution in [0.3, 0.4) is 0 Å². The van der Waals surface area contributed by atoms with Crippen LogP contribution >= 0.6 is 0 Å². The van der Waals surface area contributed by atoms with E-state index in [1.807, 2.05) is 0 Å². The van der Waals surface area contributed by atoms with Gasteiger partial charge in [0.05, 0.1) is 19.5 Å². The first kappa shape index (κ1) is 13.7. The molecule has 1 unspecified atom stereocenters. The normalized spacial score (nSPS) is 16.2. The summed E-state index contributed by atoms with van der Waals surface area (Å²) in [6.07, 6.45) is 5.57. The molecule has 0 spiro atoms. The van der Waals surface area contributed by atoms with Crippen molar-refractivity contribution in [2.75, 3.05) is 26.0 Å². The zero-order chi connectivity index (χ0) is 13.8.